The summed E-state index contributed by atoms with van der Waals surface area (Å²) in [6.07, 6.45) is 0. The van der Waals surface area contributed by atoms with Gasteiger partial charge in [-0.25, -0.2) is 0 Å². The fourth-order valence-corrected chi connectivity index (χ4v) is 1.46. The number of hydrogen-bond acceptors (Lipinski definition) is 4. The molecule has 1 rings (SSSR count). The van der Waals surface area contributed by atoms with E-state index in [1.54, 1.807) is 0 Å². The zero-order valence-electron chi connectivity index (χ0n) is 8.46. The molecule has 1 fully saturated rings. The van der Waals surface area contributed by atoms with Crippen LogP contribution in [0.2, 0.25) is 0 Å². The Morgan fingerprint density at radius 2 is 2.08 bits per heavy atom. The Balaban J connectivity index is 2.34. The Labute approximate surface area is 79.0 Å². The minimum atomic E-state index is -0.185. The van der Waals surface area contributed by atoms with Crippen LogP contribution in [0.5, 0.6) is 0 Å². The molecular weight excluding hydrogens is 168 g/mol. The lowest BCUT2D eigenvalue weighted by molar-refractivity contribution is -0.143. The molecule has 0 aromatic heterocycles. The monoisotopic (exact) mass is 186 g/mol. The van der Waals surface area contributed by atoms with Gasteiger partial charge in [-0.3, -0.25) is 4.79 Å². The molecule has 0 saturated carbocycles. The second-order valence-corrected chi connectivity index (χ2v) is 3.74. The van der Waals surface area contributed by atoms with E-state index >= 15 is 0 Å². The van der Waals surface area contributed by atoms with Crippen LogP contribution in [0.15, 0.2) is 0 Å². The van der Waals surface area contributed by atoms with Crippen molar-refractivity contribution in [3.63, 3.8) is 0 Å². The van der Waals surface area contributed by atoms with Crippen LogP contribution in [-0.2, 0) is 9.53 Å². The SMILES string of the molecule is COC(=O)[C@@H]1CNC(C(C)C)CN1. The smallest absolute Gasteiger partial charge is 0.324 e. The maximum absolute atomic E-state index is 11.1. The highest BCUT2D eigenvalue weighted by molar-refractivity contribution is 5.76. The summed E-state index contributed by atoms with van der Waals surface area (Å²) in [5, 5.41) is 6.48. The van der Waals surface area contributed by atoms with E-state index in [2.05, 4.69) is 29.2 Å². The third kappa shape index (κ3) is 2.67. The van der Waals surface area contributed by atoms with Crippen LogP contribution >= 0.6 is 0 Å². The van der Waals surface area contributed by atoms with Crippen LogP contribution in [0.3, 0.4) is 0 Å². The minimum Gasteiger partial charge on any atom is -0.468 e. The summed E-state index contributed by atoms with van der Waals surface area (Å²) in [4.78, 5) is 11.1. The number of esters is 1. The highest BCUT2D eigenvalue weighted by atomic mass is 16.5. The maximum atomic E-state index is 11.1. The molecule has 0 bridgehead atoms. The Morgan fingerprint density at radius 3 is 2.46 bits per heavy atom. The third-order valence-corrected chi connectivity index (χ3v) is 2.46. The van der Waals surface area contributed by atoms with E-state index in [4.69, 9.17) is 0 Å². The Bertz CT molecular complexity index is 174. The van der Waals surface area contributed by atoms with Gasteiger partial charge in [-0.15, -0.1) is 0 Å². The van der Waals surface area contributed by atoms with Crippen molar-refractivity contribution in [3.05, 3.63) is 0 Å². The van der Waals surface area contributed by atoms with Gasteiger partial charge in [0.2, 0.25) is 0 Å². The second kappa shape index (κ2) is 4.58. The summed E-state index contributed by atoms with van der Waals surface area (Å²) in [6, 6.07) is 0.279. The van der Waals surface area contributed by atoms with Crippen LogP contribution in [0.25, 0.3) is 0 Å². The summed E-state index contributed by atoms with van der Waals surface area (Å²) >= 11 is 0. The number of piperazine rings is 1. The molecule has 0 aromatic rings. The molecule has 2 N–H and O–H groups in total. The molecule has 0 aromatic carbocycles. The number of rotatable bonds is 2. The summed E-state index contributed by atoms with van der Waals surface area (Å²) < 4.78 is 4.64. The van der Waals surface area contributed by atoms with E-state index in [1.807, 2.05) is 0 Å². The number of carbonyl (C=O) groups excluding carboxylic acids is 1. The van der Waals surface area contributed by atoms with Gasteiger partial charge in [-0.2, -0.15) is 0 Å². The van der Waals surface area contributed by atoms with Crippen molar-refractivity contribution in [2.45, 2.75) is 25.9 Å². The molecule has 1 saturated heterocycles. The van der Waals surface area contributed by atoms with Gasteiger partial charge >= 0.3 is 5.97 Å². The first-order chi connectivity index (χ1) is 6.15. The lowest BCUT2D eigenvalue weighted by Crippen LogP contribution is -2.59. The van der Waals surface area contributed by atoms with Crippen LogP contribution in [0.1, 0.15) is 13.8 Å². The summed E-state index contributed by atoms with van der Waals surface area (Å²) in [7, 11) is 1.42. The van der Waals surface area contributed by atoms with Crippen molar-refractivity contribution in [2.75, 3.05) is 20.2 Å². The van der Waals surface area contributed by atoms with Crippen molar-refractivity contribution in [1.29, 1.82) is 0 Å². The van der Waals surface area contributed by atoms with Gasteiger partial charge in [-0.05, 0) is 5.92 Å². The molecule has 0 radical (unpaired) electrons. The predicted molar refractivity (Wildman–Crippen MR) is 50.4 cm³/mol. The topological polar surface area (TPSA) is 50.4 Å². The lowest BCUT2D eigenvalue weighted by atomic mass is 10.0. The van der Waals surface area contributed by atoms with Crippen LogP contribution in [-0.4, -0.2) is 38.3 Å². The highest BCUT2D eigenvalue weighted by Crippen LogP contribution is 2.04. The average molecular weight is 186 g/mol. The first kappa shape index (κ1) is 10.5. The normalized spacial score (nSPS) is 28.9. The molecule has 1 unspecified atom stereocenters. The molecule has 2 atom stereocenters. The van der Waals surface area contributed by atoms with Crippen molar-refractivity contribution in [1.82, 2.24) is 10.6 Å². The third-order valence-electron chi connectivity index (χ3n) is 2.46. The summed E-state index contributed by atoms with van der Waals surface area (Å²) in [5.74, 6) is 0.404. The van der Waals surface area contributed by atoms with Crippen molar-refractivity contribution in [2.24, 2.45) is 5.92 Å². The number of nitrogens with one attached hydrogen (secondary N) is 2. The van der Waals surface area contributed by atoms with Gasteiger partial charge < -0.3 is 15.4 Å². The predicted octanol–water partition coefficient (Wildman–Crippen LogP) is -0.255. The zero-order valence-corrected chi connectivity index (χ0v) is 8.46. The Kier molecular flexibility index (Phi) is 3.69. The molecule has 0 aliphatic carbocycles. The molecular formula is C9H18N2O2. The van der Waals surface area contributed by atoms with E-state index in [9.17, 15) is 4.79 Å². The van der Waals surface area contributed by atoms with Gasteiger partial charge in [0.15, 0.2) is 0 Å². The largest absolute Gasteiger partial charge is 0.468 e. The number of ether oxygens (including phenoxy) is 1. The van der Waals surface area contributed by atoms with Crippen molar-refractivity contribution in [3.8, 4) is 0 Å². The molecule has 1 heterocycles. The summed E-state index contributed by atoms with van der Waals surface area (Å²) in [5.41, 5.74) is 0. The molecule has 76 valence electrons. The van der Waals surface area contributed by atoms with Crippen LogP contribution in [0.4, 0.5) is 0 Å². The lowest BCUT2D eigenvalue weighted by Gasteiger charge is -2.31. The molecule has 13 heavy (non-hydrogen) atoms. The van der Waals surface area contributed by atoms with E-state index in [0.29, 0.717) is 18.5 Å². The van der Waals surface area contributed by atoms with E-state index < -0.39 is 0 Å². The fourth-order valence-electron chi connectivity index (χ4n) is 1.46. The van der Waals surface area contributed by atoms with Gasteiger partial charge in [0.1, 0.15) is 6.04 Å². The number of carbonyl (C=O) groups is 1. The Morgan fingerprint density at radius 1 is 1.38 bits per heavy atom. The fraction of sp³-hybridized carbons (Fsp3) is 0.889. The molecule has 0 amide bonds. The second-order valence-electron chi connectivity index (χ2n) is 3.74. The molecule has 1 aliphatic heterocycles. The first-order valence-electron chi connectivity index (χ1n) is 4.69. The van der Waals surface area contributed by atoms with Gasteiger partial charge in [-0.1, -0.05) is 13.8 Å². The highest BCUT2D eigenvalue weighted by Gasteiger charge is 2.26. The maximum Gasteiger partial charge on any atom is 0.324 e. The average Bonchev–Trinajstić information content (AvgIpc) is 2.17. The molecule has 4 nitrogen and oxygen atoms in total. The van der Waals surface area contributed by atoms with Gasteiger partial charge in [0.25, 0.3) is 0 Å². The Hall–Kier alpha value is -0.610. The number of hydrogen-bond donors (Lipinski definition) is 2. The van der Waals surface area contributed by atoms with Gasteiger partial charge in [0, 0.05) is 19.1 Å². The standard InChI is InChI=1S/C9H18N2O2/c1-6(2)7-4-11-8(5-10-7)9(12)13-3/h6-8,10-11H,4-5H2,1-3H3/t7?,8-/m0/s1. The minimum absolute atomic E-state index is 0.181. The summed E-state index contributed by atoms with van der Waals surface area (Å²) in [6.45, 7) is 5.82. The van der Waals surface area contributed by atoms with Gasteiger partial charge in [0.05, 0.1) is 7.11 Å². The van der Waals surface area contributed by atoms with E-state index in [1.165, 1.54) is 7.11 Å². The van der Waals surface area contributed by atoms with Crippen molar-refractivity contribution >= 4 is 5.97 Å². The van der Waals surface area contributed by atoms with E-state index in [0.717, 1.165) is 6.54 Å². The van der Waals surface area contributed by atoms with Crippen LogP contribution in [0, 0.1) is 5.92 Å². The molecule has 0 spiro atoms. The van der Waals surface area contributed by atoms with Crippen molar-refractivity contribution < 1.29 is 9.53 Å². The number of methoxy groups -OCH3 is 1. The van der Waals surface area contributed by atoms with E-state index in [-0.39, 0.29) is 12.0 Å². The quantitative estimate of drug-likeness (QED) is 0.584. The first-order valence-corrected chi connectivity index (χ1v) is 4.69. The zero-order chi connectivity index (χ0) is 9.84. The molecule has 1 aliphatic rings. The molecule has 4 heteroatoms. The van der Waals surface area contributed by atoms with Crippen LogP contribution < -0.4 is 10.6 Å².